The second-order valence-electron chi connectivity index (χ2n) is 4.35. The van der Waals surface area contributed by atoms with Gasteiger partial charge in [0.25, 0.3) is 0 Å². The van der Waals surface area contributed by atoms with Crippen molar-refractivity contribution in [3.63, 3.8) is 0 Å². The third-order valence-electron chi connectivity index (χ3n) is 3.28. The molecule has 0 saturated carbocycles. The van der Waals surface area contributed by atoms with E-state index in [1.165, 1.54) is 15.1 Å². The van der Waals surface area contributed by atoms with Gasteiger partial charge in [0.2, 0.25) is 0 Å². The number of halogens is 1. The number of benzene rings is 1. The van der Waals surface area contributed by atoms with Gasteiger partial charge in [-0.3, -0.25) is 0 Å². The molecule has 1 aliphatic rings. The van der Waals surface area contributed by atoms with Crippen molar-refractivity contribution in [1.29, 1.82) is 0 Å². The van der Waals surface area contributed by atoms with E-state index in [-0.39, 0.29) is 6.10 Å². The Labute approximate surface area is 109 Å². The minimum absolute atomic E-state index is 0.00630. The van der Waals surface area contributed by atoms with Crippen molar-refractivity contribution in [2.45, 2.75) is 19.4 Å². The second-order valence-corrected chi connectivity index (χ2v) is 5.87. The molecule has 2 aromatic rings. The fourth-order valence-corrected chi connectivity index (χ4v) is 3.98. The summed E-state index contributed by atoms with van der Waals surface area (Å²) in [6.45, 7) is 3.31. The SMILES string of the molecule is Cc1ccc2sc3c(c2c1Cl)C(CN)OCC3. The van der Waals surface area contributed by atoms with Gasteiger partial charge in [-0.05, 0) is 18.6 Å². The summed E-state index contributed by atoms with van der Waals surface area (Å²) >= 11 is 8.26. The first-order valence-electron chi connectivity index (χ1n) is 5.74. The number of hydrogen-bond donors (Lipinski definition) is 1. The van der Waals surface area contributed by atoms with Crippen LogP contribution in [0.3, 0.4) is 0 Å². The Morgan fingerprint density at radius 2 is 2.35 bits per heavy atom. The molecule has 0 fully saturated rings. The van der Waals surface area contributed by atoms with E-state index in [0.29, 0.717) is 6.54 Å². The average Bonchev–Trinajstić information content (AvgIpc) is 2.72. The van der Waals surface area contributed by atoms with E-state index in [9.17, 15) is 0 Å². The fourth-order valence-electron chi connectivity index (χ4n) is 2.42. The molecule has 0 saturated heterocycles. The van der Waals surface area contributed by atoms with Crippen molar-refractivity contribution < 1.29 is 4.74 Å². The van der Waals surface area contributed by atoms with Crippen molar-refractivity contribution in [3.8, 4) is 0 Å². The Morgan fingerprint density at radius 1 is 1.53 bits per heavy atom. The van der Waals surface area contributed by atoms with Crippen LogP contribution in [0.15, 0.2) is 12.1 Å². The lowest BCUT2D eigenvalue weighted by Crippen LogP contribution is -2.21. The molecule has 1 aromatic heterocycles. The normalized spacial score (nSPS) is 19.6. The van der Waals surface area contributed by atoms with Gasteiger partial charge in [-0.15, -0.1) is 11.3 Å². The van der Waals surface area contributed by atoms with Gasteiger partial charge in [0.1, 0.15) is 0 Å². The van der Waals surface area contributed by atoms with Crippen LogP contribution >= 0.6 is 22.9 Å². The molecule has 4 heteroatoms. The minimum atomic E-state index is 0.00630. The van der Waals surface area contributed by atoms with Crippen molar-refractivity contribution >= 4 is 33.0 Å². The highest BCUT2D eigenvalue weighted by molar-refractivity contribution is 7.19. The smallest absolute Gasteiger partial charge is 0.0964 e. The molecule has 0 spiro atoms. The van der Waals surface area contributed by atoms with Gasteiger partial charge in [0.15, 0.2) is 0 Å². The van der Waals surface area contributed by atoms with Gasteiger partial charge in [-0.25, -0.2) is 0 Å². The second kappa shape index (κ2) is 4.25. The summed E-state index contributed by atoms with van der Waals surface area (Å²) in [6, 6.07) is 4.22. The topological polar surface area (TPSA) is 35.2 Å². The van der Waals surface area contributed by atoms with E-state index < -0.39 is 0 Å². The zero-order valence-electron chi connectivity index (χ0n) is 9.63. The van der Waals surface area contributed by atoms with Crippen LogP contribution in [0.1, 0.15) is 22.1 Å². The van der Waals surface area contributed by atoms with Gasteiger partial charge in [0, 0.05) is 33.5 Å². The zero-order valence-corrected chi connectivity index (χ0v) is 11.2. The van der Waals surface area contributed by atoms with E-state index >= 15 is 0 Å². The molecule has 1 unspecified atom stereocenters. The molecule has 0 bridgehead atoms. The van der Waals surface area contributed by atoms with Crippen LogP contribution in [0.2, 0.25) is 5.02 Å². The van der Waals surface area contributed by atoms with E-state index in [1.807, 2.05) is 18.3 Å². The van der Waals surface area contributed by atoms with E-state index in [1.54, 1.807) is 0 Å². The Morgan fingerprint density at radius 3 is 3.12 bits per heavy atom. The summed E-state index contributed by atoms with van der Waals surface area (Å²) in [5, 5.41) is 2.01. The third kappa shape index (κ3) is 1.69. The molecule has 17 heavy (non-hydrogen) atoms. The molecule has 2 nitrogen and oxygen atoms in total. The van der Waals surface area contributed by atoms with Crippen molar-refractivity contribution in [2.24, 2.45) is 5.73 Å². The molecule has 0 amide bonds. The predicted molar refractivity (Wildman–Crippen MR) is 73.0 cm³/mol. The van der Waals surface area contributed by atoms with Gasteiger partial charge in [0.05, 0.1) is 17.7 Å². The zero-order chi connectivity index (χ0) is 12.0. The largest absolute Gasteiger partial charge is 0.372 e. The quantitative estimate of drug-likeness (QED) is 0.859. The summed E-state index contributed by atoms with van der Waals surface area (Å²) in [7, 11) is 0. The number of thiophene rings is 1. The molecule has 0 aliphatic carbocycles. The highest BCUT2D eigenvalue weighted by Crippen LogP contribution is 2.43. The van der Waals surface area contributed by atoms with Crippen molar-refractivity contribution in [3.05, 3.63) is 33.2 Å². The highest BCUT2D eigenvalue weighted by Gasteiger charge is 2.26. The van der Waals surface area contributed by atoms with E-state index in [4.69, 9.17) is 22.1 Å². The van der Waals surface area contributed by atoms with Crippen LogP contribution in [0, 0.1) is 6.92 Å². The number of nitrogens with two attached hydrogens (primary N) is 1. The summed E-state index contributed by atoms with van der Waals surface area (Å²) in [5.74, 6) is 0. The van der Waals surface area contributed by atoms with E-state index in [2.05, 4.69) is 12.1 Å². The molecule has 1 atom stereocenters. The maximum Gasteiger partial charge on any atom is 0.0964 e. The lowest BCUT2D eigenvalue weighted by Gasteiger charge is -2.22. The number of ether oxygens (including phenoxy) is 1. The number of fused-ring (bicyclic) bond motifs is 3. The standard InChI is InChI=1S/C13H14ClNOS/c1-7-2-3-9-12(13(7)14)11-8(6-15)16-5-4-10(11)17-9/h2-3,8H,4-6,15H2,1H3. The average molecular weight is 268 g/mol. The monoisotopic (exact) mass is 267 g/mol. The van der Waals surface area contributed by atoms with Crippen molar-refractivity contribution in [1.82, 2.24) is 0 Å². The third-order valence-corrected chi connectivity index (χ3v) is 5.00. The highest BCUT2D eigenvalue weighted by atomic mass is 35.5. The number of aryl methyl sites for hydroxylation is 1. The minimum Gasteiger partial charge on any atom is -0.372 e. The maximum atomic E-state index is 6.44. The Hall–Kier alpha value is -0.610. The predicted octanol–water partition coefficient (Wildman–Crippen LogP) is 3.44. The van der Waals surface area contributed by atoms with Crippen LogP contribution in [0.4, 0.5) is 0 Å². The molecule has 2 heterocycles. The van der Waals surface area contributed by atoms with Gasteiger partial charge < -0.3 is 10.5 Å². The Balaban J connectivity index is 2.34. The van der Waals surface area contributed by atoms with Crippen LogP contribution in [-0.4, -0.2) is 13.2 Å². The maximum absolute atomic E-state index is 6.44. The summed E-state index contributed by atoms with van der Waals surface area (Å²) in [6.07, 6.45) is 0.979. The molecular formula is C13H14ClNOS. The molecule has 1 aliphatic heterocycles. The summed E-state index contributed by atoms with van der Waals surface area (Å²) < 4.78 is 6.98. The molecule has 3 rings (SSSR count). The van der Waals surface area contributed by atoms with Gasteiger partial charge >= 0.3 is 0 Å². The van der Waals surface area contributed by atoms with Crippen LogP contribution in [0.25, 0.3) is 10.1 Å². The fraction of sp³-hybridized carbons (Fsp3) is 0.385. The van der Waals surface area contributed by atoms with Crippen molar-refractivity contribution in [2.75, 3.05) is 13.2 Å². The molecule has 90 valence electrons. The Kier molecular flexibility index (Phi) is 2.87. The lowest BCUT2D eigenvalue weighted by molar-refractivity contribution is 0.0508. The molecule has 1 aromatic carbocycles. The summed E-state index contributed by atoms with van der Waals surface area (Å²) in [4.78, 5) is 1.38. The summed E-state index contributed by atoms with van der Waals surface area (Å²) in [5.41, 5.74) is 8.13. The Bertz CT molecular complexity index is 578. The van der Waals surface area contributed by atoms with Crippen LogP contribution < -0.4 is 5.73 Å². The number of rotatable bonds is 1. The lowest BCUT2D eigenvalue weighted by atomic mass is 10.0. The molecule has 2 N–H and O–H groups in total. The van der Waals surface area contributed by atoms with Crippen LogP contribution in [-0.2, 0) is 11.2 Å². The molecule has 0 radical (unpaired) electrons. The van der Waals surface area contributed by atoms with Gasteiger partial charge in [-0.1, -0.05) is 17.7 Å². The molecular weight excluding hydrogens is 254 g/mol. The number of hydrogen-bond acceptors (Lipinski definition) is 3. The van der Waals surface area contributed by atoms with E-state index in [0.717, 1.165) is 29.0 Å². The first kappa shape index (κ1) is 11.5. The first-order chi connectivity index (χ1) is 8.22. The van der Waals surface area contributed by atoms with Gasteiger partial charge in [-0.2, -0.15) is 0 Å². The van der Waals surface area contributed by atoms with Crippen LogP contribution in [0.5, 0.6) is 0 Å². The first-order valence-corrected chi connectivity index (χ1v) is 6.94.